The third-order valence-electron chi connectivity index (χ3n) is 2.53. The van der Waals surface area contributed by atoms with Gasteiger partial charge in [0.05, 0.1) is 13.2 Å². The van der Waals surface area contributed by atoms with Crippen molar-refractivity contribution in [3.8, 4) is 5.75 Å². The highest BCUT2D eigenvalue weighted by molar-refractivity contribution is 7.99. The van der Waals surface area contributed by atoms with E-state index < -0.39 is 0 Å². The number of benzene rings is 1. The number of thioether (sulfide) groups is 1. The fourth-order valence-electron chi connectivity index (χ4n) is 1.55. The van der Waals surface area contributed by atoms with Crippen LogP contribution >= 0.6 is 11.8 Å². The molecule has 1 aromatic carbocycles. The van der Waals surface area contributed by atoms with Crippen molar-refractivity contribution in [2.24, 2.45) is 0 Å². The molecule has 0 unspecified atom stereocenters. The smallest absolute Gasteiger partial charge is 0.191 e. The van der Waals surface area contributed by atoms with Crippen molar-refractivity contribution in [1.29, 1.82) is 0 Å². The van der Waals surface area contributed by atoms with Crippen LogP contribution in [0.5, 0.6) is 5.75 Å². The predicted octanol–water partition coefficient (Wildman–Crippen LogP) is 2.23. The third-order valence-corrected chi connectivity index (χ3v) is 3.47. The van der Waals surface area contributed by atoms with Gasteiger partial charge in [-0.1, -0.05) is 23.9 Å². The Hall–Kier alpha value is -1.60. The molecule has 0 radical (unpaired) electrons. The van der Waals surface area contributed by atoms with Gasteiger partial charge in [-0.2, -0.15) is 0 Å². The fourth-order valence-corrected chi connectivity index (χ4v) is 2.30. The second-order valence-electron chi connectivity index (χ2n) is 3.93. The Bertz CT molecular complexity index is 536. The molecule has 0 spiro atoms. The Morgan fingerprint density at radius 1 is 1.30 bits per heavy atom. The van der Waals surface area contributed by atoms with Crippen molar-refractivity contribution in [2.75, 3.05) is 26.1 Å². The van der Waals surface area contributed by atoms with E-state index in [0.29, 0.717) is 25.5 Å². The predicted molar refractivity (Wildman–Crippen MR) is 74.5 cm³/mol. The van der Waals surface area contributed by atoms with Gasteiger partial charge < -0.3 is 14.0 Å². The maximum absolute atomic E-state index is 13.3. The maximum atomic E-state index is 13.3. The molecule has 0 N–H and O–H groups in total. The summed E-state index contributed by atoms with van der Waals surface area (Å²) in [5.41, 5.74) is 0. The maximum Gasteiger partial charge on any atom is 0.191 e. The Labute approximate surface area is 121 Å². The minimum absolute atomic E-state index is 0.272. The van der Waals surface area contributed by atoms with Crippen molar-refractivity contribution >= 4 is 11.8 Å². The average Bonchev–Trinajstić information content (AvgIpc) is 2.90. The van der Waals surface area contributed by atoms with Crippen LogP contribution in [0.3, 0.4) is 0 Å². The monoisotopic (exact) mass is 297 g/mol. The number of hydrogen-bond acceptors (Lipinski definition) is 5. The molecule has 0 bridgehead atoms. The highest BCUT2D eigenvalue weighted by Crippen LogP contribution is 2.18. The number of aromatic nitrogens is 3. The summed E-state index contributed by atoms with van der Waals surface area (Å²) in [5.74, 6) is 0.592. The molecule has 0 aliphatic carbocycles. The second kappa shape index (κ2) is 7.86. The van der Waals surface area contributed by atoms with E-state index in [-0.39, 0.29) is 11.6 Å². The summed E-state index contributed by atoms with van der Waals surface area (Å²) in [7, 11) is 1.65. The fraction of sp³-hybridized carbons (Fsp3) is 0.385. The first-order valence-electron chi connectivity index (χ1n) is 6.18. The second-order valence-corrected chi connectivity index (χ2v) is 4.99. The molecule has 0 atom stereocenters. The van der Waals surface area contributed by atoms with Gasteiger partial charge in [-0.25, -0.2) is 4.39 Å². The Morgan fingerprint density at radius 3 is 2.95 bits per heavy atom. The van der Waals surface area contributed by atoms with E-state index in [9.17, 15) is 4.39 Å². The van der Waals surface area contributed by atoms with E-state index >= 15 is 0 Å². The van der Waals surface area contributed by atoms with Gasteiger partial charge in [0.25, 0.3) is 0 Å². The summed E-state index contributed by atoms with van der Waals surface area (Å²) in [6, 6.07) is 6.37. The van der Waals surface area contributed by atoms with Crippen LogP contribution in [-0.4, -0.2) is 40.8 Å². The highest BCUT2D eigenvalue weighted by atomic mass is 32.2. The van der Waals surface area contributed by atoms with Gasteiger partial charge in [-0.3, -0.25) is 0 Å². The lowest BCUT2D eigenvalue weighted by Gasteiger charge is -2.07. The molecule has 2 aromatic rings. The van der Waals surface area contributed by atoms with Gasteiger partial charge in [0, 0.05) is 19.4 Å². The summed E-state index contributed by atoms with van der Waals surface area (Å²) in [6.45, 7) is 1.72. The van der Waals surface area contributed by atoms with Gasteiger partial charge >= 0.3 is 0 Å². The topological polar surface area (TPSA) is 49.2 Å². The molecule has 108 valence electrons. The lowest BCUT2D eigenvalue weighted by Crippen LogP contribution is -2.06. The van der Waals surface area contributed by atoms with Crippen molar-refractivity contribution < 1.29 is 13.9 Å². The Kier molecular flexibility index (Phi) is 5.82. The van der Waals surface area contributed by atoms with E-state index in [1.807, 2.05) is 4.57 Å². The molecule has 0 saturated heterocycles. The lowest BCUT2D eigenvalue weighted by atomic mass is 10.3. The normalized spacial score (nSPS) is 10.7. The van der Waals surface area contributed by atoms with Gasteiger partial charge in [0.2, 0.25) is 0 Å². The number of rotatable bonds is 8. The number of hydrogen-bond donors (Lipinski definition) is 0. The number of nitrogens with zero attached hydrogens (tertiary/aromatic N) is 3. The number of ether oxygens (including phenoxy) is 2. The van der Waals surface area contributed by atoms with E-state index in [1.54, 1.807) is 31.6 Å². The molecular weight excluding hydrogens is 281 g/mol. The molecule has 1 aromatic heterocycles. The zero-order valence-corrected chi connectivity index (χ0v) is 12.0. The number of methoxy groups -OCH3 is 1. The van der Waals surface area contributed by atoms with E-state index in [2.05, 4.69) is 10.2 Å². The highest BCUT2D eigenvalue weighted by Gasteiger charge is 2.05. The van der Waals surface area contributed by atoms with Crippen LogP contribution in [0.1, 0.15) is 0 Å². The summed E-state index contributed by atoms with van der Waals surface area (Å²) < 4.78 is 25.6. The van der Waals surface area contributed by atoms with Gasteiger partial charge in [0.15, 0.2) is 16.7 Å². The Morgan fingerprint density at radius 2 is 2.15 bits per heavy atom. The SMILES string of the molecule is COCCn1cnnc1SCCOc1ccccc1F. The van der Waals surface area contributed by atoms with Crippen molar-refractivity contribution in [3.63, 3.8) is 0 Å². The average molecular weight is 297 g/mol. The molecule has 0 saturated carbocycles. The summed E-state index contributed by atoms with van der Waals surface area (Å²) in [5, 5.41) is 8.69. The zero-order valence-electron chi connectivity index (χ0n) is 11.2. The van der Waals surface area contributed by atoms with Crippen molar-refractivity contribution in [2.45, 2.75) is 11.7 Å². The summed E-state index contributed by atoms with van der Waals surface area (Å²) in [6.07, 6.45) is 1.67. The van der Waals surface area contributed by atoms with E-state index in [4.69, 9.17) is 9.47 Å². The van der Waals surface area contributed by atoms with Crippen molar-refractivity contribution in [3.05, 3.63) is 36.4 Å². The lowest BCUT2D eigenvalue weighted by molar-refractivity contribution is 0.184. The Balaban J connectivity index is 1.76. The quantitative estimate of drug-likeness (QED) is 0.552. The third kappa shape index (κ3) is 4.21. The summed E-state index contributed by atoms with van der Waals surface area (Å²) >= 11 is 1.52. The van der Waals surface area contributed by atoms with Crippen LogP contribution in [0.25, 0.3) is 0 Å². The molecule has 0 aliphatic heterocycles. The molecule has 0 aliphatic rings. The first kappa shape index (κ1) is 14.8. The minimum Gasteiger partial charge on any atom is -0.490 e. The van der Waals surface area contributed by atoms with Gasteiger partial charge in [0.1, 0.15) is 6.33 Å². The minimum atomic E-state index is -0.347. The molecule has 20 heavy (non-hydrogen) atoms. The van der Waals surface area contributed by atoms with Crippen LogP contribution in [0, 0.1) is 5.82 Å². The molecule has 7 heteroatoms. The van der Waals surface area contributed by atoms with E-state index in [0.717, 1.165) is 5.16 Å². The molecule has 0 amide bonds. The molecule has 1 heterocycles. The van der Waals surface area contributed by atoms with Crippen LogP contribution in [-0.2, 0) is 11.3 Å². The largest absolute Gasteiger partial charge is 0.490 e. The van der Waals surface area contributed by atoms with Crippen LogP contribution < -0.4 is 4.74 Å². The van der Waals surface area contributed by atoms with E-state index in [1.165, 1.54) is 17.8 Å². The molecule has 5 nitrogen and oxygen atoms in total. The van der Waals surface area contributed by atoms with Crippen LogP contribution in [0.15, 0.2) is 35.7 Å². The first-order chi connectivity index (χ1) is 9.81. The standard InChI is InChI=1S/C13H16FN3O2S/c1-18-7-6-17-10-15-16-13(17)20-9-8-19-12-5-3-2-4-11(12)14/h2-5,10H,6-9H2,1H3. The first-order valence-corrected chi connectivity index (χ1v) is 7.16. The summed E-state index contributed by atoms with van der Waals surface area (Å²) in [4.78, 5) is 0. The van der Waals surface area contributed by atoms with Crippen molar-refractivity contribution in [1.82, 2.24) is 14.8 Å². The van der Waals surface area contributed by atoms with Crippen LogP contribution in [0.4, 0.5) is 4.39 Å². The molecule has 0 fully saturated rings. The van der Waals surface area contributed by atoms with Gasteiger partial charge in [-0.15, -0.1) is 10.2 Å². The van der Waals surface area contributed by atoms with Crippen LogP contribution in [0.2, 0.25) is 0 Å². The zero-order chi connectivity index (χ0) is 14.2. The molecular formula is C13H16FN3O2S. The van der Waals surface area contributed by atoms with Gasteiger partial charge in [-0.05, 0) is 12.1 Å². The number of para-hydroxylation sites is 1. The number of halogens is 1. The molecule has 2 rings (SSSR count).